The Bertz CT molecular complexity index is 4460. The molecule has 137 heavy (non-hydrogen) atoms. The van der Waals surface area contributed by atoms with Gasteiger partial charge >= 0.3 is 0 Å². The second kappa shape index (κ2) is 53.4. The van der Waals surface area contributed by atoms with E-state index in [1.54, 1.807) is 99.7 Å². The van der Waals surface area contributed by atoms with Crippen LogP contribution in [-0.4, -0.2) is 221 Å². The van der Waals surface area contributed by atoms with E-state index in [-0.39, 0.29) is 110 Å². The normalized spacial score (nSPS) is 15.3. The van der Waals surface area contributed by atoms with E-state index in [1.807, 2.05) is 77.0 Å². The molecule has 0 aromatic carbocycles. The van der Waals surface area contributed by atoms with Crippen LogP contribution in [0.25, 0.3) is 11.4 Å². The van der Waals surface area contributed by atoms with Crippen LogP contribution in [-0.2, 0) is 76.7 Å². The summed E-state index contributed by atoms with van der Waals surface area (Å²) in [6, 6.07) is -1.59. The van der Waals surface area contributed by atoms with Gasteiger partial charge < -0.3 is 90.4 Å². The van der Waals surface area contributed by atoms with E-state index in [0.29, 0.717) is 23.2 Å². The third kappa shape index (κ3) is 41.5. The molecular weight excluding hydrogens is 1790 g/mol. The van der Waals surface area contributed by atoms with Crippen molar-refractivity contribution in [2.75, 3.05) is 12.3 Å². The van der Waals surface area contributed by atoms with Gasteiger partial charge in [0.25, 0.3) is 5.91 Å². The average Bonchev–Trinajstić information content (AvgIpc) is 1.18. The zero-order chi connectivity index (χ0) is 105. The number of aromatic nitrogens is 2. The van der Waals surface area contributed by atoms with Crippen LogP contribution in [0.3, 0.4) is 0 Å². The number of carbonyl (C=O) groups is 17. The lowest BCUT2D eigenvalue weighted by Crippen LogP contribution is -2.66. The fourth-order valence-corrected chi connectivity index (χ4v) is 17.8. The molecule has 3 rings (SSSR count). The molecule has 17 N–H and O–H groups in total. The predicted molar refractivity (Wildman–Crippen MR) is 536 cm³/mol. The lowest BCUT2D eigenvalue weighted by Gasteiger charge is -2.35. The van der Waals surface area contributed by atoms with Gasteiger partial charge in [0.15, 0.2) is 0 Å². The van der Waals surface area contributed by atoms with Gasteiger partial charge in [0, 0.05) is 35.5 Å². The molecule has 1 saturated heterocycles. The van der Waals surface area contributed by atoms with Gasteiger partial charge in [-0.1, -0.05) is 151 Å². The van der Waals surface area contributed by atoms with Crippen molar-refractivity contribution < 1.29 is 81.5 Å². The van der Waals surface area contributed by atoms with Crippen LogP contribution in [0.15, 0.2) is 42.7 Å². The first-order valence-corrected chi connectivity index (χ1v) is 50.8. The summed E-state index contributed by atoms with van der Waals surface area (Å²) < 4.78 is 0. The summed E-state index contributed by atoms with van der Waals surface area (Å²) in [5.41, 5.74) is -12.3. The third-order valence-corrected chi connectivity index (χ3v) is 25.8. The van der Waals surface area contributed by atoms with Crippen LogP contribution >= 0.6 is 21.6 Å². The molecule has 9 atom stereocenters. The van der Waals surface area contributed by atoms with Crippen molar-refractivity contribution in [2.24, 2.45) is 47.3 Å². The summed E-state index contributed by atoms with van der Waals surface area (Å²) in [5.74, 6) is -12.7. The van der Waals surface area contributed by atoms with Crippen molar-refractivity contribution in [3.63, 3.8) is 0 Å². The Morgan fingerprint density at radius 2 is 0.540 bits per heavy atom. The zero-order valence-corrected chi connectivity index (χ0v) is 89.2. The highest BCUT2D eigenvalue weighted by Gasteiger charge is 2.46. The molecule has 17 amide bonds. The zero-order valence-electron chi connectivity index (χ0n) is 87.6. The number of amides is 17. The minimum atomic E-state index is -1.79. The van der Waals surface area contributed by atoms with Crippen LogP contribution in [0, 0.1) is 47.3 Å². The maximum atomic E-state index is 14.5. The first kappa shape index (κ1) is 121. The molecule has 1 unspecified atom stereocenters. The van der Waals surface area contributed by atoms with Gasteiger partial charge in [-0.05, 0) is 253 Å². The molecule has 36 nitrogen and oxygen atoms in total. The predicted octanol–water partition coefficient (Wildman–Crippen LogP) is 7.99. The van der Waals surface area contributed by atoms with Crippen LogP contribution in [0.1, 0.15) is 315 Å². The van der Waals surface area contributed by atoms with Gasteiger partial charge in [0.2, 0.25) is 94.5 Å². The van der Waals surface area contributed by atoms with E-state index in [9.17, 15) is 81.5 Å². The second-order valence-corrected chi connectivity index (χ2v) is 47.0. The second-order valence-electron chi connectivity index (χ2n) is 44.2. The number of nitrogens with one attached hydrogen (secondary N) is 17. The molecule has 0 saturated carbocycles. The number of carbonyl (C=O) groups excluding carboxylic acids is 17. The van der Waals surface area contributed by atoms with Gasteiger partial charge in [0.1, 0.15) is 92.6 Å². The van der Waals surface area contributed by atoms with Gasteiger partial charge in [-0.3, -0.25) is 91.5 Å². The van der Waals surface area contributed by atoms with E-state index in [1.165, 1.54) is 121 Å². The quantitative estimate of drug-likeness (QED) is 0.0220. The Kier molecular flexibility index (Phi) is 47.2. The number of hydrogen-bond donors (Lipinski definition) is 17. The molecule has 3 heterocycles. The standard InChI is InChI=1S/C99H167N19O17S2/c1-55(2)46-67(103-75(119)63-40-44-101-66(54-63)65-39-35-37-42-100-65)76(120)112-93(19,20)85(129)105-69(48-57(5)6)78(122)114-95(23,24)87(131)107-71(50-59(9)10)80(124)116-97(27,28)89(133)109-73(52-61(13)14)82(126)118-99(31,32)91(135)110-74(53-62(15)16)83(127)117-98(29,30)90(134)108-72(51-60(11)12)81(125)115-96(25,26)88(132)106-70(49-58(7)8)79(123)113-94(21,22)86(130)104-68(47-56(3)4)77(121)111-92(17,18)84(128)102-43-36-33-34-38-64-41-45-136-137-64/h35,37,39-40,42,44,54-62,64,67-74H,33-34,36,38,41,43,45-53H2,1-32H3,(H,102,128)(H,103,119)(H,104,130)(H,105,129)(H,106,132)(H,107,131)(H,108,134)(H,109,133)(H,110,135)(H,111,121)(H,112,120)(H,113,123)(H,114,122)(H,115,125)(H,116,124)(H,117,127)(H,118,126)/t64?,67-,68-,69-,70-,71-,72-,73-,74-/m0/s1. The number of nitrogens with zero attached hydrogens (tertiary/aromatic N) is 2. The highest BCUT2D eigenvalue weighted by molar-refractivity contribution is 8.77. The summed E-state index contributed by atoms with van der Waals surface area (Å²) in [6.07, 6.45) is 8.97. The fourth-order valence-electron chi connectivity index (χ4n) is 14.7. The smallest absolute Gasteiger partial charge is 0.252 e. The van der Waals surface area contributed by atoms with E-state index in [2.05, 4.69) is 100 Å². The van der Waals surface area contributed by atoms with Gasteiger partial charge in [-0.25, -0.2) is 0 Å². The first-order chi connectivity index (χ1) is 62.9. The van der Waals surface area contributed by atoms with Crippen molar-refractivity contribution in [3.8, 4) is 11.4 Å². The Hall–Kier alpha value is -10.0. The van der Waals surface area contributed by atoms with Gasteiger partial charge in [-0.2, -0.15) is 0 Å². The minimum Gasteiger partial charge on any atom is -0.354 e. The topological polar surface area (TPSA) is 520 Å². The largest absolute Gasteiger partial charge is 0.354 e. The van der Waals surface area contributed by atoms with Crippen molar-refractivity contribution >= 4 is 122 Å². The Morgan fingerprint density at radius 1 is 0.299 bits per heavy atom. The molecule has 1 aliphatic rings. The van der Waals surface area contributed by atoms with Crippen LogP contribution in [0.4, 0.5) is 0 Å². The molecule has 0 spiro atoms. The highest BCUT2D eigenvalue weighted by atomic mass is 33.1. The molecule has 0 aliphatic carbocycles. The van der Waals surface area contributed by atoms with E-state index in [0.717, 1.165) is 25.7 Å². The summed E-state index contributed by atoms with van der Waals surface area (Å²) in [7, 11) is 3.85. The molecule has 2 aromatic heterocycles. The summed E-state index contributed by atoms with van der Waals surface area (Å²) in [5, 5.41) is 47.6. The molecular formula is C99H167N19O17S2. The molecule has 772 valence electrons. The maximum Gasteiger partial charge on any atom is 0.252 e. The van der Waals surface area contributed by atoms with Crippen LogP contribution in [0.2, 0.25) is 0 Å². The van der Waals surface area contributed by atoms with Gasteiger partial charge in [-0.15, -0.1) is 0 Å². The molecule has 0 radical (unpaired) electrons. The average molecular weight is 1960 g/mol. The molecule has 0 bridgehead atoms. The first-order valence-electron chi connectivity index (χ1n) is 48.4. The summed E-state index contributed by atoms with van der Waals surface area (Å²) >= 11 is 0. The van der Waals surface area contributed by atoms with Crippen molar-refractivity contribution in [3.05, 3.63) is 48.3 Å². The lowest BCUT2D eigenvalue weighted by atomic mass is 9.95. The molecule has 1 fully saturated rings. The minimum absolute atomic E-state index is 0.0331. The fraction of sp³-hybridized carbons (Fsp3) is 0.727. The van der Waals surface area contributed by atoms with Crippen LogP contribution < -0.4 is 90.4 Å². The van der Waals surface area contributed by atoms with E-state index < -0.39 is 187 Å². The monoisotopic (exact) mass is 1960 g/mol. The number of pyridine rings is 2. The van der Waals surface area contributed by atoms with Crippen molar-refractivity contribution in [2.45, 2.75) is 403 Å². The molecule has 38 heteroatoms. The SMILES string of the molecule is CC(C)C[C@H](NC(=O)c1ccnc(-c2ccccn2)c1)C(=O)NC(C)(C)C(=O)N[C@@H](CC(C)C)C(=O)NC(C)(C)C(=O)N[C@@H](CC(C)C)C(=O)NC(C)(C)C(=O)N[C@@H](CC(C)C)C(=O)NC(C)(C)C(=O)N[C@@H](CC(C)C)C(=O)NC(C)(C)C(=O)N[C@@H](CC(C)C)C(=O)NC(C)(C)C(=O)N[C@@H](CC(C)C)C(=O)NC(C)(C)C(=O)N[C@@H](CC(C)C)C(=O)NC(C)(C)C(=O)NCCCCCC1CCSS1. The van der Waals surface area contributed by atoms with Gasteiger partial charge in [0.05, 0.1) is 11.4 Å². The lowest BCUT2D eigenvalue weighted by molar-refractivity contribution is -0.140. The van der Waals surface area contributed by atoms with Crippen molar-refractivity contribution in [1.82, 2.24) is 100 Å². The molecule has 2 aromatic rings. The summed E-state index contributed by atoms with van der Waals surface area (Å²) in [4.78, 5) is 251. The number of unbranched alkanes of at least 4 members (excludes halogenated alkanes) is 2. The highest BCUT2D eigenvalue weighted by Crippen LogP contribution is 2.40. The number of hydrogen-bond acceptors (Lipinski definition) is 21. The maximum absolute atomic E-state index is 14.5. The number of rotatable bonds is 56. The Morgan fingerprint density at radius 3 is 0.766 bits per heavy atom. The Balaban J connectivity index is 1.73. The molecule has 1 aliphatic heterocycles. The van der Waals surface area contributed by atoms with E-state index >= 15 is 0 Å². The summed E-state index contributed by atoms with van der Waals surface area (Å²) in [6.45, 7) is 52.6. The van der Waals surface area contributed by atoms with Crippen LogP contribution in [0.5, 0.6) is 0 Å². The third-order valence-electron chi connectivity index (χ3n) is 22.8. The van der Waals surface area contributed by atoms with Crippen molar-refractivity contribution in [1.29, 1.82) is 0 Å². The Labute approximate surface area is 821 Å². The van der Waals surface area contributed by atoms with E-state index in [4.69, 9.17) is 0 Å².